The number of nitrogens with one attached hydrogen (secondary N) is 1. The lowest BCUT2D eigenvalue weighted by Gasteiger charge is -2.07. The lowest BCUT2D eigenvalue weighted by atomic mass is 10.1. The Morgan fingerprint density at radius 2 is 2.00 bits per heavy atom. The number of rotatable bonds is 5. The molecule has 0 aliphatic heterocycles. The normalized spacial score (nSPS) is 11.1. The van der Waals surface area contributed by atoms with Crippen LogP contribution in [0.2, 0.25) is 0 Å². The maximum Gasteiger partial charge on any atom is 0.152 e. The van der Waals surface area contributed by atoms with E-state index in [-0.39, 0.29) is 5.78 Å². The van der Waals surface area contributed by atoms with Gasteiger partial charge in [0.25, 0.3) is 0 Å². The summed E-state index contributed by atoms with van der Waals surface area (Å²) in [5, 5.41) is 4.23. The molecule has 0 bridgehead atoms. The number of aromatic nitrogens is 1. The second-order valence-electron chi connectivity index (χ2n) is 4.75. The van der Waals surface area contributed by atoms with Gasteiger partial charge in [0.1, 0.15) is 0 Å². The first-order chi connectivity index (χ1) is 8.65. The van der Waals surface area contributed by atoms with Crippen molar-refractivity contribution < 1.29 is 4.79 Å². The van der Waals surface area contributed by atoms with Crippen molar-refractivity contribution in [2.45, 2.75) is 26.3 Å². The number of fused-ring (bicyclic) bond motifs is 1. The highest BCUT2D eigenvalue weighted by molar-refractivity contribution is 5.84. The molecule has 0 saturated carbocycles. The zero-order valence-corrected chi connectivity index (χ0v) is 10.8. The second kappa shape index (κ2) is 5.74. The maximum absolute atomic E-state index is 11.8. The van der Waals surface area contributed by atoms with Crippen LogP contribution >= 0.6 is 0 Å². The minimum atomic E-state index is 0.173. The molecule has 3 nitrogen and oxygen atoms in total. The van der Waals surface area contributed by atoms with Gasteiger partial charge in [-0.3, -0.25) is 9.78 Å². The van der Waals surface area contributed by atoms with E-state index in [0.717, 1.165) is 16.6 Å². The number of benzene rings is 1. The van der Waals surface area contributed by atoms with Crippen LogP contribution in [-0.2, 0) is 11.2 Å². The van der Waals surface area contributed by atoms with Crippen LogP contribution in [0.4, 0.5) is 0 Å². The Morgan fingerprint density at radius 3 is 2.78 bits per heavy atom. The van der Waals surface area contributed by atoms with Crippen molar-refractivity contribution in [2.24, 2.45) is 0 Å². The average Bonchev–Trinajstić information content (AvgIpc) is 2.36. The van der Waals surface area contributed by atoms with Crippen LogP contribution in [-0.4, -0.2) is 23.4 Å². The maximum atomic E-state index is 11.8. The molecule has 94 valence electrons. The minimum absolute atomic E-state index is 0.173. The van der Waals surface area contributed by atoms with Crippen LogP contribution in [0, 0.1) is 0 Å². The first-order valence-electron chi connectivity index (χ1n) is 6.25. The lowest BCUT2D eigenvalue weighted by Crippen LogP contribution is -2.30. The van der Waals surface area contributed by atoms with Gasteiger partial charge in [0.15, 0.2) is 5.78 Å². The van der Waals surface area contributed by atoms with Gasteiger partial charge in [-0.25, -0.2) is 0 Å². The molecule has 0 radical (unpaired) electrons. The zero-order valence-electron chi connectivity index (χ0n) is 10.8. The smallest absolute Gasteiger partial charge is 0.152 e. The Morgan fingerprint density at radius 1 is 1.22 bits per heavy atom. The van der Waals surface area contributed by atoms with E-state index in [0.29, 0.717) is 19.0 Å². The van der Waals surface area contributed by atoms with Crippen LogP contribution in [0.25, 0.3) is 10.9 Å². The van der Waals surface area contributed by atoms with E-state index >= 15 is 0 Å². The molecule has 0 spiro atoms. The van der Waals surface area contributed by atoms with Crippen LogP contribution in [0.5, 0.6) is 0 Å². The largest absolute Gasteiger partial charge is 0.308 e. The zero-order chi connectivity index (χ0) is 13.0. The van der Waals surface area contributed by atoms with Crippen molar-refractivity contribution >= 4 is 16.7 Å². The predicted molar refractivity (Wildman–Crippen MR) is 73.6 cm³/mol. The Kier molecular flexibility index (Phi) is 4.05. The number of pyridine rings is 1. The molecule has 3 heteroatoms. The molecule has 1 N–H and O–H groups in total. The van der Waals surface area contributed by atoms with E-state index in [2.05, 4.69) is 10.3 Å². The molecule has 0 saturated heterocycles. The standard InChI is InChI=1S/C15H18N2O/c1-11(2)16-10-14(18)9-13-8-7-12-5-3-4-6-15(12)17-13/h3-8,11,16H,9-10H2,1-2H3. The van der Waals surface area contributed by atoms with Gasteiger partial charge in [-0.1, -0.05) is 38.1 Å². The fourth-order valence-electron chi connectivity index (χ4n) is 1.79. The van der Waals surface area contributed by atoms with Crippen LogP contribution in [0.1, 0.15) is 19.5 Å². The number of carbonyl (C=O) groups is 1. The van der Waals surface area contributed by atoms with E-state index in [4.69, 9.17) is 0 Å². The predicted octanol–water partition coefficient (Wildman–Crippen LogP) is 2.34. The highest BCUT2D eigenvalue weighted by Crippen LogP contribution is 2.12. The van der Waals surface area contributed by atoms with Gasteiger partial charge in [0.05, 0.1) is 18.5 Å². The van der Waals surface area contributed by atoms with Crippen molar-refractivity contribution in [2.75, 3.05) is 6.54 Å². The molecule has 2 rings (SSSR count). The van der Waals surface area contributed by atoms with Gasteiger partial charge in [-0.15, -0.1) is 0 Å². The van der Waals surface area contributed by atoms with Crippen LogP contribution in [0.3, 0.4) is 0 Å². The third kappa shape index (κ3) is 3.37. The molecule has 0 amide bonds. The van der Waals surface area contributed by atoms with Gasteiger partial charge in [-0.05, 0) is 12.1 Å². The number of para-hydroxylation sites is 1. The van der Waals surface area contributed by atoms with Crippen LogP contribution in [0.15, 0.2) is 36.4 Å². The fourth-order valence-corrected chi connectivity index (χ4v) is 1.79. The van der Waals surface area contributed by atoms with Crippen LogP contribution < -0.4 is 5.32 Å². The van der Waals surface area contributed by atoms with Crippen molar-refractivity contribution in [3.8, 4) is 0 Å². The van der Waals surface area contributed by atoms with E-state index in [9.17, 15) is 4.79 Å². The molecular formula is C15H18N2O. The first kappa shape index (κ1) is 12.7. The second-order valence-corrected chi connectivity index (χ2v) is 4.75. The lowest BCUT2D eigenvalue weighted by molar-refractivity contribution is -0.117. The topological polar surface area (TPSA) is 42.0 Å². The number of Topliss-reactive ketones (excluding diaryl/α,β-unsaturated/α-hetero) is 1. The first-order valence-corrected chi connectivity index (χ1v) is 6.25. The summed E-state index contributed by atoms with van der Waals surface area (Å²) < 4.78 is 0. The Balaban J connectivity index is 2.05. The minimum Gasteiger partial charge on any atom is -0.308 e. The fraction of sp³-hybridized carbons (Fsp3) is 0.333. The molecule has 0 atom stereocenters. The number of ketones is 1. The van der Waals surface area contributed by atoms with E-state index in [1.54, 1.807) is 0 Å². The average molecular weight is 242 g/mol. The molecule has 0 aliphatic rings. The summed E-state index contributed by atoms with van der Waals surface area (Å²) in [6, 6.07) is 12.2. The molecule has 18 heavy (non-hydrogen) atoms. The molecular weight excluding hydrogens is 224 g/mol. The SMILES string of the molecule is CC(C)NCC(=O)Cc1ccc2ccccc2n1. The van der Waals surface area contributed by atoms with E-state index in [1.165, 1.54) is 0 Å². The molecule has 1 aromatic heterocycles. The highest BCUT2D eigenvalue weighted by atomic mass is 16.1. The van der Waals surface area contributed by atoms with Gasteiger partial charge < -0.3 is 5.32 Å². The van der Waals surface area contributed by atoms with Gasteiger partial charge in [0.2, 0.25) is 0 Å². The van der Waals surface area contributed by atoms with E-state index < -0.39 is 0 Å². The quantitative estimate of drug-likeness (QED) is 0.875. The third-order valence-electron chi connectivity index (χ3n) is 2.74. The summed E-state index contributed by atoms with van der Waals surface area (Å²) in [5.74, 6) is 0.173. The summed E-state index contributed by atoms with van der Waals surface area (Å²) >= 11 is 0. The summed E-state index contributed by atoms with van der Waals surface area (Å²) in [5.41, 5.74) is 1.78. The highest BCUT2D eigenvalue weighted by Gasteiger charge is 2.06. The van der Waals surface area contributed by atoms with Gasteiger partial charge >= 0.3 is 0 Å². The summed E-state index contributed by atoms with van der Waals surface area (Å²) in [4.78, 5) is 16.2. The molecule has 1 aromatic carbocycles. The Bertz CT molecular complexity index is 549. The van der Waals surface area contributed by atoms with E-state index in [1.807, 2.05) is 50.2 Å². The molecule has 1 heterocycles. The monoisotopic (exact) mass is 242 g/mol. The summed E-state index contributed by atoms with van der Waals surface area (Å²) in [6.45, 7) is 4.47. The third-order valence-corrected chi connectivity index (χ3v) is 2.74. The van der Waals surface area contributed by atoms with Gasteiger partial charge in [0, 0.05) is 17.1 Å². The number of hydrogen-bond donors (Lipinski definition) is 1. The Hall–Kier alpha value is -1.74. The molecule has 0 fully saturated rings. The summed E-state index contributed by atoms with van der Waals surface area (Å²) in [6.07, 6.45) is 0.393. The molecule has 0 aliphatic carbocycles. The van der Waals surface area contributed by atoms with Crippen molar-refractivity contribution in [3.63, 3.8) is 0 Å². The molecule has 0 unspecified atom stereocenters. The number of nitrogens with zero attached hydrogens (tertiary/aromatic N) is 1. The number of hydrogen-bond acceptors (Lipinski definition) is 3. The molecule has 2 aromatic rings. The van der Waals surface area contributed by atoms with Crippen molar-refractivity contribution in [1.29, 1.82) is 0 Å². The number of carbonyl (C=O) groups excluding carboxylic acids is 1. The Labute approximate surface area is 107 Å². The van der Waals surface area contributed by atoms with Gasteiger partial charge in [-0.2, -0.15) is 0 Å². The van der Waals surface area contributed by atoms with Crippen molar-refractivity contribution in [3.05, 3.63) is 42.1 Å². The summed E-state index contributed by atoms with van der Waals surface area (Å²) in [7, 11) is 0. The van der Waals surface area contributed by atoms with Crippen molar-refractivity contribution in [1.82, 2.24) is 10.3 Å².